The second kappa shape index (κ2) is 4.05. The highest BCUT2D eigenvalue weighted by molar-refractivity contribution is 5.13. The minimum atomic E-state index is -0.631. The molecule has 0 saturated carbocycles. The first-order chi connectivity index (χ1) is 6.74. The van der Waals surface area contributed by atoms with E-state index in [1.54, 1.807) is 0 Å². The van der Waals surface area contributed by atoms with E-state index in [9.17, 15) is 4.39 Å². The van der Waals surface area contributed by atoms with Crippen LogP contribution < -0.4 is 0 Å². The van der Waals surface area contributed by atoms with Crippen LogP contribution >= 0.6 is 0 Å². The average Bonchev–Trinajstić information content (AvgIpc) is 2.56. The standard InChI is InChI=1S/C11H15FN2/c1-9-2-3-10(6-13-9)7-14-5-4-11(12)8-14/h2-3,6,11H,4-5,7-8H2,1H3/t11-/m0/s1. The summed E-state index contributed by atoms with van der Waals surface area (Å²) in [6.07, 6.45) is 1.92. The van der Waals surface area contributed by atoms with Gasteiger partial charge in [-0.1, -0.05) is 6.07 Å². The molecule has 0 aromatic carbocycles. The van der Waals surface area contributed by atoms with Crippen LogP contribution in [0.3, 0.4) is 0 Å². The fourth-order valence-electron chi connectivity index (χ4n) is 1.78. The van der Waals surface area contributed by atoms with Gasteiger partial charge in [-0.3, -0.25) is 9.88 Å². The van der Waals surface area contributed by atoms with E-state index in [4.69, 9.17) is 0 Å². The Morgan fingerprint density at radius 3 is 3.00 bits per heavy atom. The van der Waals surface area contributed by atoms with E-state index in [-0.39, 0.29) is 0 Å². The molecule has 1 aromatic heterocycles. The molecule has 1 fully saturated rings. The molecule has 76 valence electrons. The number of likely N-dealkylation sites (tertiary alicyclic amines) is 1. The molecule has 0 N–H and O–H groups in total. The molecular formula is C11H15FN2. The zero-order valence-corrected chi connectivity index (χ0v) is 8.41. The summed E-state index contributed by atoms with van der Waals surface area (Å²) in [6.45, 7) is 4.24. The van der Waals surface area contributed by atoms with Crippen LogP contribution in [0.4, 0.5) is 4.39 Å². The molecule has 1 atom stereocenters. The predicted molar refractivity (Wildman–Crippen MR) is 53.8 cm³/mol. The normalized spacial score (nSPS) is 22.9. The van der Waals surface area contributed by atoms with Crippen molar-refractivity contribution in [2.45, 2.75) is 26.1 Å². The van der Waals surface area contributed by atoms with Crippen LogP contribution in [0.5, 0.6) is 0 Å². The van der Waals surface area contributed by atoms with Crippen molar-refractivity contribution in [3.63, 3.8) is 0 Å². The number of pyridine rings is 1. The molecule has 2 rings (SSSR count). The van der Waals surface area contributed by atoms with Crippen molar-refractivity contribution >= 4 is 0 Å². The topological polar surface area (TPSA) is 16.1 Å². The molecule has 1 aliphatic rings. The Bertz CT molecular complexity index is 297. The largest absolute Gasteiger partial charge is 0.296 e. The van der Waals surface area contributed by atoms with Crippen LogP contribution in [0.15, 0.2) is 18.3 Å². The van der Waals surface area contributed by atoms with Gasteiger partial charge in [0.1, 0.15) is 6.17 Å². The SMILES string of the molecule is Cc1ccc(CN2CC[C@H](F)C2)cn1. The third-order valence-electron chi connectivity index (χ3n) is 2.59. The molecule has 1 aliphatic heterocycles. The molecule has 2 nitrogen and oxygen atoms in total. The summed E-state index contributed by atoms with van der Waals surface area (Å²) in [7, 11) is 0. The van der Waals surface area contributed by atoms with E-state index >= 15 is 0 Å². The maximum Gasteiger partial charge on any atom is 0.114 e. The van der Waals surface area contributed by atoms with Crippen molar-refractivity contribution < 1.29 is 4.39 Å². The zero-order chi connectivity index (χ0) is 9.97. The lowest BCUT2D eigenvalue weighted by molar-refractivity contribution is 0.282. The fourth-order valence-corrected chi connectivity index (χ4v) is 1.78. The molecule has 0 unspecified atom stereocenters. The Labute approximate surface area is 83.8 Å². The molecule has 1 saturated heterocycles. The lowest BCUT2D eigenvalue weighted by Crippen LogP contribution is -2.20. The smallest absolute Gasteiger partial charge is 0.114 e. The van der Waals surface area contributed by atoms with Crippen molar-refractivity contribution in [2.75, 3.05) is 13.1 Å². The number of hydrogen-bond donors (Lipinski definition) is 0. The molecule has 14 heavy (non-hydrogen) atoms. The first-order valence-corrected chi connectivity index (χ1v) is 5.02. The van der Waals surface area contributed by atoms with Gasteiger partial charge < -0.3 is 0 Å². The van der Waals surface area contributed by atoms with Crippen molar-refractivity contribution in [2.24, 2.45) is 0 Å². The highest BCUT2D eigenvalue weighted by Gasteiger charge is 2.21. The van der Waals surface area contributed by atoms with Crippen LogP contribution in [0, 0.1) is 6.92 Å². The van der Waals surface area contributed by atoms with Crippen LogP contribution in [0.2, 0.25) is 0 Å². The van der Waals surface area contributed by atoms with Crippen LogP contribution in [0.25, 0.3) is 0 Å². The number of aromatic nitrogens is 1. The van der Waals surface area contributed by atoms with E-state index in [2.05, 4.69) is 16.0 Å². The zero-order valence-electron chi connectivity index (χ0n) is 8.41. The van der Waals surface area contributed by atoms with E-state index in [0.717, 1.165) is 18.8 Å². The highest BCUT2D eigenvalue weighted by atomic mass is 19.1. The Morgan fingerprint density at radius 1 is 1.57 bits per heavy atom. The minimum absolute atomic E-state index is 0.577. The Hall–Kier alpha value is -0.960. The summed E-state index contributed by atoms with van der Waals surface area (Å²) in [5.74, 6) is 0. The number of halogens is 1. The second-order valence-corrected chi connectivity index (χ2v) is 3.93. The van der Waals surface area contributed by atoms with Gasteiger partial charge in [0.15, 0.2) is 0 Å². The van der Waals surface area contributed by atoms with Gasteiger partial charge in [0, 0.05) is 31.5 Å². The molecule has 2 heterocycles. The van der Waals surface area contributed by atoms with Gasteiger partial charge in [-0.05, 0) is 25.0 Å². The summed E-state index contributed by atoms with van der Waals surface area (Å²) in [6, 6.07) is 4.06. The van der Waals surface area contributed by atoms with E-state index < -0.39 is 6.17 Å². The number of nitrogens with zero attached hydrogens (tertiary/aromatic N) is 2. The van der Waals surface area contributed by atoms with Crippen LogP contribution in [-0.4, -0.2) is 29.1 Å². The summed E-state index contributed by atoms with van der Waals surface area (Å²) < 4.78 is 12.9. The molecule has 0 aliphatic carbocycles. The van der Waals surface area contributed by atoms with Gasteiger partial charge in [0.25, 0.3) is 0 Å². The molecule has 0 spiro atoms. The van der Waals surface area contributed by atoms with Gasteiger partial charge in [-0.25, -0.2) is 4.39 Å². The first-order valence-electron chi connectivity index (χ1n) is 5.02. The number of aryl methyl sites for hydroxylation is 1. The molecule has 0 amide bonds. The minimum Gasteiger partial charge on any atom is -0.296 e. The van der Waals surface area contributed by atoms with Crippen molar-refractivity contribution in [3.05, 3.63) is 29.6 Å². The number of rotatable bonds is 2. The fraction of sp³-hybridized carbons (Fsp3) is 0.545. The molecule has 3 heteroatoms. The third kappa shape index (κ3) is 2.29. The summed E-state index contributed by atoms with van der Waals surface area (Å²) in [5, 5.41) is 0. The van der Waals surface area contributed by atoms with Gasteiger partial charge in [-0.15, -0.1) is 0 Å². The molecular weight excluding hydrogens is 179 g/mol. The summed E-state index contributed by atoms with van der Waals surface area (Å²) >= 11 is 0. The molecule has 0 radical (unpaired) electrons. The summed E-state index contributed by atoms with van der Waals surface area (Å²) in [4.78, 5) is 6.36. The Balaban J connectivity index is 1.94. The van der Waals surface area contributed by atoms with Gasteiger partial charge in [0.2, 0.25) is 0 Å². The Kier molecular flexibility index (Phi) is 2.77. The monoisotopic (exact) mass is 194 g/mol. The van der Waals surface area contributed by atoms with E-state index in [0.29, 0.717) is 13.0 Å². The van der Waals surface area contributed by atoms with Gasteiger partial charge >= 0.3 is 0 Å². The molecule has 1 aromatic rings. The lowest BCUT2D eigenvalue weighted by Gasteiger charge is -2.13. The van der Waals surface area contributed by atoms with Crippen molar-refractivity contribution in [1.29, 1.82) is 0 Å². The maximum absolute atomic E-state index is 12.9. The van der Waals surface area contributed by atoms with Crippen molar-refractivity contribution in [1.82, 2.24) is 9.88 Å². The maximum atomic E-state index is 12.9. The third-order valence-corrected chi connectivity index (χ3v) is 2.59. The Morgan fingerprint density at radius 2 is 2.43 bits per heavy atom. The van der Waals surface area contributed by atoms with Gasteiger partial charge in [0.05, 0.1) is 0 Å². The van der Waals surface area contributed by atoms with E-state index in [1.165, 1.54) is 5.56 Å². The number of alkyl halides is 1. The molecule has 0 bridgehead atoms. The van der Waals surface area contributed by atoms with Crippen molar-refractivity contribution in [3.8, 4) is 0 Å². The number of hydrogen-bond acceptors (Lipinski definition) is 2. The van der Waals surface area contributed by atoms with Crippen LogP contribution in [0.1, 0.15) is 17.7 Å². The first kappa shape index (κ1) is 9.59. The van der Waals surface area contributed by atoms with E-state index in [1.807, 2.05) is 19.2 Å². The van der Waals surface area contributed by atoms with Crippen LogP contribution in [-0.2, 0) is 6.54 Å². The second-order valence-electron chi connectivity index (χ2n) is 3.93. The summed E-state index contributed by atoms with van der Waals surface area (Å²) in [5.41, 5.74) is 2.20. The highest BCUT2D eigenvalue weighted by Crippen LogP contribution is 2.15. The quantitative estimate of drug-likeness (QED) is 0.715. The lowest BCUT2D eigenvalue weighted by atomic mass is 10.2. The average molecular weight is 194 g/mol. The van der Waals surface area contributed by atoms with Gasteiger partial charge in [-0.2, -0.15) is 0 Å². The predicted octanol–water partition coefficient (Wildman–Crippen LogP) is 1.93.